The van der Waals surface area contributed by atoms with Crippen LogP contribution in [-0.4, -0.2) is 0 Å². The van der Waals surface area contributed by atoms with Crippen LogP contribution >= 0.6 is 31.9 Å². The van der Waals surface area contributed by atoms with Gasteiger partial charge in [-0.3, -0.25) is 0 Å². The summed E-state index contributed by atoms with van der Waals surface area (Å²) in [7, 11) is 0. The van der Waals surface area contributed by atoms with Crippen molar-refractivity contribution in [1.29, 1.82) is 0 Å². The third-order valence-electron chi connectivity index (χ3n) is 11.2. The van der Waals surface area contributed by atoms with E-state index in [-0.39, 0.29) is 0 Å². The quantitative estimate of drug-likeness (QED) is 0.160. The molecule has 2 saturated carbocycles. The largest absolute Gasteiger partial charge is 0.310 e. The molecule has 6 aromatic carbocycles. The van der Waals surface area contributed by atoms with Gasteiger partial charge in [-0.15, -0.1) is 0 Å². The van der Waals surface area contributed by atoms with Gasteiger partial charge >= 0.3 is 0 Å². The van der Waals surface area contributed by atoms with Gasteiger partial charge in [0.05, 0.1) is 0 Å². The average Bonchev–Trinajstić information content (AvgIpc) is 3.72. The maximum atomic E-state index is 3.67. The van der Waals surface area contributed by atoms with Crippen molar-refractivity contribution in [3.05, 3.63) is 165 Å². The van der Waals surface area contributed by atoms with Gasteiger partial charge in [0.2, 0.25) is 0 Å². The lowest BCUT2D eigenvalue weighted by Gasteiger charge is -2.31. The molecule has 1 spiro atoms. The lowest BCUT2D eigenvalue weighted by atomic mass is 9.81. The summed E-state index contributed by atoms with van der Waals surface area (Å²) in [6.45, 7) is 4.30. The third-order valence-corrected chi connectivity index (χ3v) is 12.3. The van der Waals surface area contributed by atoms with Crippen LogP contribution in [0.15, 0.2) is 142 Å². The Morgan fingerprint density at radius 3 is 1.49 bits per heavy atom. The second-order valence-corrected chi connectivity index (χ2v) is 16.3. The van der Waals surface area contributed by atoms with Gasteiger partial charge in [0.25, 0.3) is 0 Å². The molecule has 3 atom stereocenters. The van der Waals surface area contributed by atoms with Gasteiger partial charge in [-0.25, -0.2) is 0 Å². The SMILES string of the molecule is Cc1ccc(N(c2ccc(C)cc2)c2cc(-c3ccc4c(c3)C3CCC5(C3)CC45)cc(N(c3ccc(Br)cc3)c3ccc(Br)cc3)c2)cc1. The highest BCUT2D eigenvalue weighted by molar-refractivity contribution is 9.10. The Balaban J connectivity index is 1.27. The predicted octanol–water partition coefficient (Wildman–Crippen LogP) is 14.2. The fraction of sp³-hybridized carbons (Fsp3) is 0.200. The molecule has 0 amide bonds. The van der Waals surface area contributed by atoms with Gasteiger partial charge in [-0.2, -0.15) is 0 Å². The number of anilines is 6. The van der Waals surface area contributed by atoms with Crippen LogP contribution in [-0.2, 0) is 0 Å². The second-order valence-electron chi connectivity index (χ2n) is 14.4. The molecule has 0 N–H and O–H groups in total. The van der Waals surface area contributed by atoms with Crippen molar-refractivity contribution in [2.24, 2.45) is 5.41 Å². The Hall–Kier alpha value is -4.12. The summed E-state index contributed by atoms with van der Waals surface area (Å²) < 4.78 is 2.12. The molecule has 49 heavy (non-hydrogen) atoms. The molecule has 0 aliphatic heterocycles. The molecule has 0 radical (unpaired) electrons. The minimum atomic E-state index is 0.630. The molecule has 3 aliphatic rings. The standard InChI is InChI=1S/C45H38Br2N2/c1-29-3-12-36(13-4-29)48(37-14-5-30(2)6-15-37)40-23-33(31-7-20-42-43(25-31)32-21-22-45(27-32)28-44(42)45)24-41(26-40)49(38-16-8-34(46)9-17-38)39-18-10-35(47)11-19-39/h3-20,23-26,32,44H,21-22,27-28H2,1-2H3. The number of hydrogen-bond acceptors (Lipinski definition) is 2. The van der Waals surface area contributed by atoms with Crippen molar-refractivity contribution in [2.45, 2.75) is 51.4 Å². The molecule has 6 aromatic rings. The summed E-state index contributed by atoms with van der Waals surface area (Å²) in [5, 5.41) is 0. The van der Waals surface area contributed by atoms with E-state index >= 15 is 0 Å². The number of halogens is 2. The summed E-state index contributed by atoms with van der Waals surface area (Å²) in [5.41, 5.74) is 15.6. The number of hydrogen-bond donors (Lipinski definition) is 0. The van der Waals surface area contributed by atoms with Crippen LogP contribution in [0.1, 0.15) is 59.8 Å². The van der Waals surface area contributed by atoms with E-state index in [1.54, 1.807) is 11.1 Å². The first-order chi connectivity index (χ1) is 23.8. The zero-order valence-electron chi connectivity index (χ0n) is 27.8. The Morgan fingerprint density at radius 1 is 0.490 bits per heavy atom. The third kappa shape index (κ3) is 5.63. The number of rotatable bonds is 7. The van der Waals surface area contributed by atoms with E-state index < -0.39 is 0 Å². The van der Waals surface area contributed by atoms with Crippen LogP contribution in [0, 0.1) is 19.3 Å². The predicted molar refractivity (Wildman–Crippen MR) is 213 cm³/mol. The number of fused-ring (bicyclic) bond motifs is 4. The average molecular weight is 767 g/mol. The van der Waals surface area contributed by atoms with Crippen LogP contribution in [0.3, 0.4) is 0 Å². The van der Waals surface area contributed by atoms with Crippen LogP contribution < -0.4 is 9.80 Å². The summed E-state index contributed by atoms with van der Waals surface area (Å²) in [5.74, 6) is 1.48. The minimum Gasteiger partial charge on any atom is -0.310 e. The molecule has 0 aromatic heterocycles. The fourth-order valence-electron chi connectivity index (χ4n) is 8.62. The number of aryl methyl sites for hydroxylation is 2. The van der Waals surface area contributed by atoms with E-state index in [0.29, 0.717) is 11.3 Å². The minimum absolute atomic E-state index is 0.630. The van der Waals surface area contributed by atoms with Crippen molar-refractivity contribution in [3.63, 3.8) is 0 Å². The highest BCUT2D eigenvalue weighted by atomic mass is 79.9. The molecule has 9 rings (SSSR count). The Labute approximate surface area is 306 Å². The van der Waals surface area contributed by atoms with Gasteiger partial charge in [-0.1, -0.05) is 85.5 Å². The van der Waals surface area contributed by atoms with E-state index in [2.05, 4.69) is 189 Å². The summed E-state index contributed by atoms with van der Waals surface area (Å²) in [6.07, 6.45) is 5.53. The first-order valence-electron chi connectivity index (χ1n) is 17.4. The Morgan fingerprint density at radius 2 is 0.980 bits per heavy atom. The molecule has 4 heteroatoms. The van der Waals surface area contributed by atoms with E-state index in [1.165, 1.54) is 47.9 Å². The van der Waals surface area contributed by atoms with Gasteiger partial charge in [-0.05, 0) is 170 Å². The second kappa shape index (κ2) is 12.0. The maximum Gasteiger partial charge on any atom is 0.0488 e. The fourth-order valence-corrected chi connectivity index (χ4v) is 9.15. The van der Waals surface area contributed by atoms with E-state index in [0.717, 1.165) is 49.0 Å². The molecule has 3 unspecified atom stereocenters. The molecule has 2 bridgehead atoms. The van der Waals surface area contributed by atoms with Crippen molar-refractivity contribution in [2.75, 3.05) is 9.80 Å². The van der Waals surface area contributed by atoms with Crippen molar-refractivity contribution < 1.29 is 0 Å². The van der Waals surface area contributed by atoms with Crippen LogP contribution in [0.25, 0.3) is 11.1 Å². The van der Waals surface area contributed by atoms with Crippen molar-refractivity contribution in [3.8, 4) is 11.1 Å². The molecule has 2 fully saturated rings. The zero-order chi connectivity index (χ0) is 33.3. The summed E-state index contributed by atoms with van der Waals surface area (Å²) >= 11 is 7.34. The zero-order valence-corrected chi connectivity index (χ0v) is 31.0. The van der Waals surface area contributed by atoms with Crippen LogP contribution in [0.5, 0.6) is 0 Å². The smallest absolute Gasteiger partial charge is 0.0488 e. The van der Waals surface area contributed by atoms with Crippen molar-refractivity contribution >= 4 is 66.0 Å². The molecule has 0 saturated heterocycles. The van der Waals surface area contributed by atoms with Crippen molar-refractivity contribution in [1.82, 2.24) is 0 Å². The van der Waals surface area contributed by atoms with E-state index in [4.69, 9.17) is 0 Å². The van der Waals surface area contributed by atoms with Gasteiger partial charge in [0.15, 0.2) is 0 Å². The first kappa shape index (κ1) is 30.9. The van der Waals surface area contributed by atoms with Gasteiger partial charge in [0, 0.05) is 43.1 Å². The molecule has 242 valence electrons. The van der Waals surface area contributed by atoms with Gasteiger partial charge < -0.3 is 9.80 Å². The first-order valence-corrected chi connectivity index (χ1v) is 19.0. The highest BCUT2D eigenvalue weighted by Gasteiger charge is 2.61. The molecule has 3 aliphatic carbocycles. The monoisotopic (exact) mass is 764 g/mol. The number of benzene rings is 6. The lowest BCUT2D eigenvalue weighted by molar-refractivity contribution is 0.486. The summed E-state index contributed by atoms with van der Waals surface area (Å²) in [6, 6.07) is 49.6. The molecular formula is C45H38Br2N2. The summed E-state index contributed by atoms with van der Waals surface area (Å²) in [4.78, 5) is 4.78. The molecule has 2 nitrogen and oxygen atoms in total. The van der Waals surface area contributed by atoms with Crippen LogP contribution in [0.4, 0.5) is 34.1 Å². The maximum absolute atomic E-state index is 3.67. The normalized spacial score (nSPS) is 20.0. The number of nitrogens with zero attached hydrogens (tertiary/aromatic N) is 2. The highest BCUT2D eigenvalue weighted by Crippen LogP contribution is 2.74. The Kier molecular flexibility index (Phi) is 7.59. The molecular weight excluding hydrogens is 728 g/mol. The topological polar surface area (TPSA) is 6.48 Å². The lowest BCUT2D eigenvalue weighted by Crippen LogP contribution is -2.14. The Bertz CT molecular complexity index is 1970. The van der Waals surface area contributed by atoms with E-state index in [1.807, 2.05) is 0 Å². The van der Waals surface area contributed by atoms with Gasteiger partial charge in [0.1, 0.15) is 0 Å². The van der Waals surface area contributed by atoms with E-state index in [9.17, 15) is 0 Å². The molecule has 0 heterocycles. The van der Waals surface area contributed by atoms with Crippen LogP contribution in [0.2, 0.25) is 0 Å².